The van der Waals surface area contributed by atoms with Crippen molar-refractivity contribution in [2.45, 2.75) is 13.3 Å². The number of aromatic nitrogens is 2. The van der Waals surface area contributed by atoms with Crippen LogP contribution in [0.15, 0.2) is 6.20 Å². The molecule has 2 heterocycles. The maximum absolute atomic E-state index is 5.23. The Bertz CT molecular complexity index is 260. The number of aryl methyl sites for hydroxylation is 1. The Balaban J connectivity index is 2.52. The highest BCUT2D eigenvalue weighted by Gasteiger charge is 2.12. The van der Waals surface area contributed by atoms with Crippen molar-refractivity contribution in [1.29, 1.82) is 0 Å². The van der Waals surface area contributed by atoms with Gasteiger partial charge in [0.05, 0.1) is 18.5 Å². The highest BCUT2D eigenvalue weighted by molar-refractivity contribution is 5.27. The monoisotopic (exact) mass is 136 g/mol. The van der Waals surface area contributed by atoms with Crippen LogP contribution >= 0.6 is 0 Å². The van der Waals surface area contributed by atoms with Crippen LogP contribution in [0.5, 0.6) is 5.75 Å². The summed E-state index contributed by atoms with van der Waals surface area (Å²) in [6, 6.07) is 0. The third kappa shape index (κ3) is 0.744. The molecule has 10 heavy (non-hydrogen) atoms. The van der Waals surface area contributed by atoms with E-state index >= 15 is 0 Å². The van der Waals surface area contributed by atoms with Crippen LogP contribution in [0.25, 0.3) is 0 Å². The molecular weight excluding hydrogens is 128 g/mol. The maximum Gasteiger partial charge on any atom is 0.159 e. The summed E-state index contributed by atoms with van der Waals surface area (Å²) in [7, 11) is 0. The van der Waals surface area contributed by atoms with Crippen LogP contribution in [0.3, 0.4) is 0 Å². The molecule has 0 unspecified atom stereocenters. The zero-order valence-corrected chi connectivity index (χ0v) is 5.79. The number of fused-ring (bicyclic) bond motifs is 1. The minimum Gasteiger partial charge on any atom is -0.490 e. The van der Waals surface area contributed by atoms with Crippen molar-refractivity contribution in [1.82, 2.24) is 9.97 Å². The molecule has 3 nitrogen and oxygen atoms in total. The second kappa shape index (κ2) is 1.94. The van der Waals surface area contributed by atoms with E-state index < -0.39 is 0 Å². The Hall–Kier alpha value is -1.12. The number of ether oxygens (including phenoxy) is 1. The van der Waals surface area contributed by atoms with E-state index in [9.17, 15) is 0 Å². The Labute approximate surface area is 59.1 Å². The van der Waals surface area contributed by atoms with Gasteiger partial charge in [0, 0.05) is 6.42 Å². The van der Waals surface area contributed by atoms with Gasteiger partial charge in [-0.25, -0.2) is 9.97 Å². The average Bonchev–Trinajstić information content (AvgIpc) is 2.33. The molecule has 0 aliphatic carbocycles. The minimum absolute atomic E-state index is 0.757. The molecule has 0 N–H and O–H groups in total. The average molecular weight is 136 g/mol. The predicted octanol–water partition coefficient (Wildman–Crippen LogP) is 0.720. The molecular formula is C7H8N2O. The lowest BCUT2D eigenvalue weighted by atomic mass is 10.3. The van der Waals surface area contributed by atoms with E-state index in [1.807, 2.05) is 6.92 Å². The van der Waals surface area contributed by atoms with E-state index in [1.54, 1.807) is 6.20 Å². The van der Waals surface area contributed by atoms with Gasteiger partial charge in [-0.1, -0.05) is 0 Å². The molecule has 1 aromatic rings. The van der Waals surface area contributed by atoms with Gasteiger partial charge in [0.15, 0.2) is 5.75 Å². The van der Waals surface area contributed by atoms with E-state index in [2.05, 4.69) is 9.97 Å². The Morgan fingerprint density at radius 3 is 3.40 bits per heavy atom. The van der Waals surface area contributed by atoms with E-state index in [4.69, 9.17) is 4.74 Å². The summed E-state index contributed by atoms with van der Waals surface area (Å²) < 4.78 is 5.23. The van der Waals surface area contributed by atoms with Crippen LogP contribution in [0.2, 0.25) is 0 Å². The van der Waals surface area contributed by atoms with E-state index in [-0.39, 0.29) is 0 Å². The van der Waals surface area contributed by atoms with Gasteiger partial charge >= 0.3 is 0 Å². The van der Waals surface area contributed by atoms with Gasteiger partial charge < -0.3 is 4.74 Å². The molecule has 2 rings (SSSR count). The van der Waals surface area contributed by atoms with Crippen molar-refractivity contribution < 1.29 is 4.74 Å². The number of hydrogen-bond donors (Lipinski definition) is 0. The minimum atomic E-state index is 0.757. The third-order valence-electron chi connectivity index (χ3n) is 1.55. The first kappa shape index (κ1) is 5.65. The smallest absolute Gasteiger partial charge is 0.159 e. The zero-order chi connectivity index (χ0) is 6.97. The molecule has 0 amide bonds. The molecule has 0 radical (unpaired) electrons. The van der Waals surface area contributed by atoms with E-state index in [0.717, 1.165) is 30.3 Å². The van der Waals surface area contributed by atoms with Gasteiger partial charge in [-0.05, 0) is 6.92 Å². The van der Waals surface area contributed by atoms with Crippen molar-refractivity contribution in [2.75, 3.05) is 6.61 Å². The molecule has 0 bridgehead atoms. The highest BCUT2D eigenvalue weighted by Crippen LogP contribution is 2.20. The second-order valence-corrected chi connectivity index (χ2v) is 2.33. The van der Waals surface area contributed by atoms with Crippen molar-refractivity contribution in [3.63, 3.8) is 0 Å². The Morgan fingerprint density at radius 2 is 2.50 bits per heavy atom. The van der Waals surface area contributed by atoms with E-state index in [1.165, 1.54) is 0 Å². The molecule has 0 spiro atoms. The second-order valence-electron chi connectivity index (χ2n) is 2.33. The Morgan fingerprint density at radius 1 is 1.60 bits per heavy atom. The summed E-state index contributed by atoms with van der Waals surface area (Å²) in [5.74, 6) is 1.68. The number of nitrogens with zero attached hydrogens (tertiary/aromatic N) is 2. The molecule has 3 heteroatoms. The molecule has 1 aliphatic heterocycles. The zero-order valence-electron chi connectivity index (χ0n) is 5.79. The van der Waals surface area contributed by atoms with Crippen LogP contribution in [0.4, 0.5) is 0 Å². The summed E-state index contributed by atoms with van der Waals surface area (Å²) in [5, 5.41) is 0. The molecule has 0 aromatic carbocycles. The maximum atomic E-state index is 5.23. The molecule has 0 atom stereocenters. The molecule has 1 aliphatic rings. The molecule has 0 fully saturated rings. The van der Waals surface area contributed by atoms with Gasteiger partial charge in [-0.2, -0.15) is 0 Å². The molecule has 0 saturated carbocycles. The summed E-state index contributed by atoms with van der Waals surface area (Å²) >= 11 is 0. The first-order chi connectivity index (χ1) is 4.86. The molecule has 52 valence electrons. The van der Waals surface area contributed by atoms with Crippen LogP contribution in [0, 0.1) is 6.92 Å². The lowest BCUT2D eigenvalue weighted by molar-refractivity contribution is 0.355. The fourth-order valence-electron chi connectivity index (χ4n) is 1.06. The first-order valence-electron chi connectivity index (χ1n) is 3.31. The highest BCUT2D eigenvalue weighted by atomic mass is 16.5. The third-order valence-corrected chi connectivity index (χ3v) is 1.55. The Kier molecular flexibility index (Phi) is 1.09. The predicted molar refractivity (Wildman–Crippen MR) is 36.0 cm³/mol. The van der Waals surface area contributed by atoms with Gasteiger partial charge in [0.1, 0.15) is 5.82 Å². The summed E-state index contributed by atoms with van der Waals surface area (Å²) in [6.45, 7) is 2.64. The van der Waals surface area contributed by atoms with Crippen LogP contribution in [-0.2, 0) is 6.42 Å². The quantitative estimate of drug-likeness (QED) is 0.527. The van der Waals surface area contributed by atoms with E-state index in [0.29, 0.717) is 0 Å². The van der Waals surface area contributed by atoms with Crippen LogP contribution in [-0.4, -0.2) is 16.6 Å². The molecule has 0 saturated heterocycles. The van der Waals surface area contributed by atoms with Gasteiger partial charge in [0.2, 0.25) is 0 Å². The summed E-state index contributed by atoms with van der Waals surface area (Å²) in [5.41, 5.74) is 1.05. The fraction of sp³-hybridized carbons (Fsp3) is 0.429. The largest absolute Gasteiger partial charge is 0.490 e. The lowest BCUT2D eigenvalue weighted by Gasteiger charge is -1.95. The normalized spacial score (nSPS) is 14.5. The SMILES string of the molecule is Cc1ncc2c(n1)CCO2. The number of hydrogen-bond acceptors (Lipinski definition) is 3. The van der Waals surface area contributed by atoms with Crippen molar-refractivity contribution in [2.24, 2.45) is 0 Å². The van der Waals surface area contributed by atoms with Crippen molar-refractivity contribution >= 4 is 0 Å². The standard InChI is InChI=1S/C7H8N2O/c1-5-8-4-7-6(9-5)2-3-10-7/h4H,2-3H2,1H3. The van der Waals surface area contributed by atoms with Gasteiger partial charge in [-0.3, -0.25) is 0 Å². The van der Waals surface area contributed by atoms with Crippen molar-refractivity contribution in [3.05, 3.63) is 17.7 Å². The topological polar surface area (TPSA) is 35.0 Å². The first-order valence-corrected chi connectivity index (χ1v) is 3.31. The summed E-state index contributed by atoms with van der Waals surface area (Å²) in [4.78, 5) is 8.23. The lowest BCUT2D eigenvalue weighted by Crippen LogP contribution is -1.90. The number of rotatable bonds is 0. The fourth-order valence-corrected chi connectivity index (χ4v) is 1.06. The van der Waals surface area contributed by atoms with Crippen LogP contribution in [0.1, 0.15) is 11.5 Å². The van der Waals surface area contributed by atoms with Gasteiger partial charge in [0.25, 0.3) is 0 Å². The van der Waals surface area contributed by atoms with Crippen LogP contribution < -0.4 is 4.74 Å². The molecule has 1 aromatic heterocycles. The van der Waals surface area contributed by atoms with Gasteiger partial charge in [-0.15, -0.1) is 0 Å². The summed E-state index contributed by atoms with van der Waals surface area (Å²) in [6.07, 6.45) is 2.67. The van der Waals surface area contributed by atoms with Crippen molar-refractivity contribution in [3.8, 4) is 5.75 Å².